The van der Waals surface area contributed by atoms with E-state index >= 15 is 0 Å². The highest BCUT2D eigenvalue weighted by atomic mass is 16.6. The number of amides is 3. The fraction of sp³-hybridized carbons (Fsp3) is 0.308. The minimum Gasteiger partial charge on any atom is -0.493 e. The van der Waals surface area contributed by atoms with Crippen molar-refractivity contribution in [1.82, 2.24) is 16.1 Å². The van der Waals surface area contributed by atoms with E-state index in [1.807, 2.05) is 0 Å². The molecule has 2 aromatic rings. The van der Waals surface area contributed by atoms with Crippen LogP contribution in [0, 0.1) is 10.1 Å². The van der Waals surface area contributed by atoms with E-state index in [1.54, 1.807) is 26.0 Å². The zero-order valence-corrected chi connectivity index (χ0v) is 22.9. The van der Waals surface area contributed by atoms with Gasteiger partial charge >= 0.3 is 12.0 Å². The lowest BCUT2D eigenvalue weighted by molar-refractivity contribution is -0.385. The molecule has 0 fully saturated rings. The van der Waals surface area contributed by atoms with Gasteiger partial charge in [-0.2, -0.15) is 5.10 Å². The Bertz CT molecular complexity index is 1410. The van der Waals surface area contributed by atoms with Gasteiger partial charge in [-0.3, -0.25) is 14.9 Å². The van der Waals surface area contributed by atoms with E-state index in [9.17, 15) is 24.5 Å². The second-order valence-corrected chi connectivity index (χ2v) is 8.31. The third kappa shape index (κ3) is 7.20. The molecule has 1 atom stereocenters. The largest absolute Gasteiger partial charge is 0.493 e. The molecule has 3 rings (SSSR count). The first-order valence-corrected chi connectivity index (χ1v) is 12.1. The Morgan fingerprint density at radius 1 is 1.07 bits per heavy atom. The molecule has 1 aliphatic heterocycles. The molecule has 0 aliphatic carbocycles. The van der Waals surface area contributed by atoms with Gasteiger partial charge in [0, 0.05) is 5.70 Å². The van der Waals surface area contributed by atoms with Crippen LogP contribution in [0.5, 0.6) is 23.0 Å². The van der Waals surface area contributed by atoms with Crippen molar-refractivity contribution in [3.63, 3.8) is 0 Å². The molecule has 0 saturated heterocycles. The van der Waals surface area contributed by atoms with E-state index in [1.165, 1.54) is 39.5 Å². The van der Waals surface area contributed by atoms with Gasteiger partial charge in [-0.05, 0) is 37.6 Å². The number of carbonyl (C=O) groups excluding carboxylic acids is 3. The summed E-state index contributed by atoms with van der Waals surface area (Å²) in [6.07, 6.45) is 1.09. The summed E-state index contributed by atoms with van der Waals surface area (Å²) in [4.78, 5) is 47.8. The van der Waals surface area contributed by atoms with E-state index in [2.05, 4.69) is 21.2 Å². The molecule has 15 heteroatoms. The predicted octanol–water partition coefficient (Wildman–Crippen LogP) is 2.34. The van der Waals surface area contributed by atoms with Gasteiger partial charge in [-0.25, -0.2) is 15.0 Å². The van der Waals surface area contributed by atoms with Crippen molar-refractivity contribution in [2.45, 2.75) is 19.9 Å². The Kier molecular flexibility index (Phi) is 10.0. The first-order chi connectivity index (χ1) is 19.6. The van der Waals surface area contributed by atoms with Gasteiger partial charge in [0.15, 0.2) is 29.6 Å². The zero-order chi connectivity index (χ0) is 30.1. The van der Waals surface area contributed by atoms with Crippen molar-refractivity contribution in [3.05, 3.63) is 62.8 Å². The van der Waals surface area contributed by atoms with Crippen molar-refractivity contribution in [2.75, 3.05) is 34.5 Å². The first-order valence-electron chi connectivity index (χ1n) is 12.1. The molecule has 0 bridgehead atoms. The smallest absolute Gasteiger partial charge is 0.338 e. The third-order valence-electron chi connectivity index (χ3n) is 5.77. The number of hydrazone groups is 1. The molecule has 218 valence electrons. The van der Waals surface area contributed by atoms with Crippen molar-refractivity contribution >= 4 is 29.8 Å². The number of benzene rings is 2. The van der Waals surface area contributed by atoms with Gasteiger partial charge < -0.3 is 34.3 Å². The molecule has 0 saturated carbocycles. The summed E-state index contributed by atoms with van der Waals surface area (Å²) >= 11 is 0. The van der Waals surface area contributed by atoms with Crippen LogP contribution in [0.4, 0.5) is 10.5 Å². The van der Waals surface area contributed by atoms with E-state index in [4.69, 9.17) is 23.7 Å². The molecule has 15 nitrogen and oxygen atoms in total. The fourth-order valence-corrected chi connectivity index (χ4v) is 3.90. The van der Waals surface area contributed by atoms with E-state index < -0.39 is 35.5 Å². The average Bonchev–Trinajstić information content (AvgIpc) is 2.95. The van der Waals surface area contributed by atoms with Crippen LogP contribution >= 0.6 is 0 Å². The van der Waals surface area contributed by atoms with Crippen LogP contribution in [0.2, 0.25) is 0 Å². The van der Waals surface area contributed by atoms with E-state index in [0.29, 0.717) is 11.3 Å². The number of urea groups is 1. The highest BCUT2D eigenvalue weighted by molar-refractivity contribution is 5.95. The van der Waals surface area contributed by atoms with Gasteiger partial charge in [0.2, 0.25) is 0 Å². The average molecular weight is 572 g/mol. The molecule has 3 N–H and O–H groups in total. The topological polar surface area (TPSA) is 189 Å². The Morgan fingerprint density at radius 3 is 2.37 bits per heavy atom. The van der Waals surface area contributed by atoms with Gasteiger partial charge in [0.25, 0.3) is 11.6 Å². The number of esters is 1. The Balaban J connectivity index is 1.72. The Hall–Kier alpha value is -5.34. The minimum atomic E-state index is -0.816. The number of ether oxygens (including phenoxy) is 5. The third-order valence-corrected chi connectivity index (χ3v) is 5.77. The molecule has 3 amide bonds. The molecule has 0 unspecified atom stereocenters. The van der Waals surface area contributed by atoms with Gasteiger partial charge in [0.1, 0.15) is 0 Å². The number of hydrogen-bond donors (Lipinski definition) is 3. The van der Waals surface area contributed by atoms with Crippen molar-refractivity contribution < 1.29 is 43.0 Å². The SMILES string of the molecule is CCOC(=O)C1=C(C)NC(=O)N[C@H]1c1ccc(OCC(=O)N/N=C\c2cc(OC)c(OC)cc2[N+](=O)[O-])c(OC)c1. The fourth-order valence-electron chi connectivity index (χ4n) is 3.90. The zero-order valence-electron chi connectivity index (χ0n) is 22.9. The van der Waals surface area contributed by atoms with Gasteiger partial charge in [-0.15, -0.1) is 0 Å². The summed E-state index contributed by atoms with van der Waals surface area (Å²) in [5, 5.41) is 20.4. The quantitative estimate of drug-likeness (QED) is 0.148. The number of nitrogens with zero attached hydrogens (tertiary/aromatic N) is 2. The Labute approximate surface area is 234 Å². The van der Waals surface area contributed by atoms with Crippen LogP contribution in [0.15, 0.2) is 46.7 Å². The summed E-state index contributed by atoms with van der Waals surface area (Å²) in [6, 6.07) is 5.91. The van der Waals surface area contributed by atoms with Crippen molar-refractivity contribution in [1.29, 1.82) is 0 Å². The number of nitro benzene ring substituents is 1. The normalized spacial score (nSPS) is 14.6. The second-order valence-electron chi connectivity index (χ2n) is 8.31. The summed E-state index contributed by atoms with van der Waals surface area (Å²) in [6.45, 7) is 2.95. The summed E-state index contributed by atoms with van der Waals surface area (Å²) < 4.78 is 26.3. The summed E-state index contributed by atoms with van der Waals surface area (Å²) in [5.41, 5.74) is 3.10. The summed E-state index contributed by atoms with van der Waals surface area (Å²) in [7, 11) is 4.12. The number of carbonyl (C=O) groups is 3. The van der Waals surface area contributed by atoms with Crippen LogP contribution in [0.25, 0.3) is 0 Å². The molecule has 1 heterocycles. The lowest BCUT2D eigenvalue weighted by atomic mass is 9.95. The van der Waals surface area contributed by atoms with Crippen LogP contribution < -0.4 is 35.0 Å². The highest BCUT2D eigenvalue weighted by Crippen LogP contribution is 2.35. The molecule has 0 spiro atoms. The van der Waals surface area contributed by atoms with Crippen molar-refractivity contribution in [2.24, 2.45) is 5.10 Å². The summed E-state index contributed by atoms with van der Waals surface area (Å²) in [5.74, 6) is -0.409. The minimum absolute atomic E-state index is 0.0719. The number of nitro groups is 1. The maximum atomic E-state index is 12.6. The number of methoxy groups -OCH3 is 3. The second kappa shape index (κ2) is 13.6. The maximum Gasteiger partial charge on any atom is 0.338 e. The standard InChI is InChI=1S/C26H29N5O10/c1-6-40-25(33)23-14(2)28-26(34)29-24(23)15-7-8-18(19(9-15)37-3)41-13-22(32)30-27-12-16-10-20(38-4)21(39-5)11-17(16)31(35)36/h7-12,24H,6,13H2,1-5H3,(H,30,32)(H2,28,29,34)/b27-12-/t24-/m0/s1. The first kappa shape index (κ1) is 30.2. The molecule has 0 aromatic heterocycles. The lowest BCUT2D eigenvalue weighted by Gasteiger charge is -2.28. The molecular weight excluding hydrogens is 542 g/mol. The van der Waals surface area contributed by atoms with Gasteiger partial charge in [0.05, 0.1) is 62.3 Å². The maximum absolute atomic E-state index is 12.6. The highest BCUT2D eigenvalue weighted by Gasteiger charge is 2.32. The molecule has 41 heavy (non-hydrogen) atoms. The monoisotopic (exact) mass is 571 g/mol. The van der Waals surface area contributed by atoms with E-state index in [-0.39, 0.29) is 46.4 Å². The number of nitrogens with one attached hydrogen (secondary N) is 3. The van der Waals surface area contributed by atoms with Crippen LogP contribution in [0.3, 0.4) is 0 Å². The van der Waals surface area contributed by atoms with Crippen LogP contribution in [-0.4, -0.2) is 63.6 Å². The predicted molar refractivity (Wildman–Crippen MR) is 144 cm³/mol. The molecular formula is C26H29N5O10. The molecule has 2 aromatic carbocycles. The number of hydrogen-bond acceptors (Lipinski definition) is 11. The van der Waals surface area contributed by atoms with Crippen LogP contribution in [0.1, 0.15) is 31.0 Å². The molecule has 0 radical (unpaired) electrons. The number of rotatable bonds is 12. The Morgan fingerprint density at radius 2 is 1.73 bits per heavy atom. The van der Waals surface area contributed by atoms with Crippen LogP contribution in [-0.2, 0) is 14.3 Å². The molecule has 1 aliphatic rings. The number of allylic oxidation sites excluding steroid dienone is 1. The van der Waals surface area contributed by atoms with E-state index in [0.717, 1.165) is 6.21 Å². The van der Waals surface area contributed by atoms with Crippen molar-refractivity contribution in [3.8, 4) is 23.0 Å². The lowest BCUT2D eigenvalue weighted by Crippen LogP contribution is -2.45. The van der Waals surface area contributed by atoms with Gasteiger partial charge in [-0.1, -0.05) is 6.07 Å².